The molecule has 0 saturated carbocycles. The number of nitriles is 1. The zero-order chi connectivity index (χ0) is 11.3. The number of methoxy groups -OCH3 is 1. The van der Waals surface area contributed by atoms with Crippen LogP contribution in [0.25, 0.3) is 0 Å². The molecule has 0 amide bonds. The number of hydrogen-bond acceptors (Lipinski definition) is 5. The van der Waals surface area contributed by atoms with Gasteiger partial charge >= 0.3 is 0 Å². The average Bonchev–Trinajstić information content (AvgIpc) is 2.61. The van der Waals surface area contributed by atoms with Crippen LogP contribution in [0, 0.1) is 11.3 Å². The largest absolute Gasteiger partial charge is 0.384 e. The molecule has 1 aromatic heterocycles. The number of H-pyrrole nitrogens is 1. The summed E-state index contributed by atoms with van der Waals surface area (Å²) >= 11 is 0. The molecule has 0 radical (unpaired) electrons. The number of aromatic amines is 1. The Labute approximate surface area is 87.1 Å². The van der Waals surface area contributed by atoms with Crippen LogP contribution < -0.4 is 4.72 Å². The van der Waals surface area contributed by atoms with Gasteiger partial charge in [-0.15, -0.1) is 0 Å². The predicted octanol–water partition coefficient (Wildman–Crippen LogP) is -0.331. The van der Waals surface area contributed by atoms with Gasteiger partial charge in [-0.3, -0.25) is 9.82 Å². The van der Waals surface area contributed by atoms with Crippen molar-refractivity contribution in [1.29, 1.82) is 5.26 Å². The molecule has 0 bridgehead atoms. The maximum absolute atomic E-state index is 11.4. The second kappa shape index (κ2) is 4.77. The van der Waals surface area contributed by atoms with Crippen LogP contribution in [-0.4, -0.2) is 38.1 Å². The van der Waals surface area contributed by atoms with E-state index in [2.05, 4.69) is 19.7 Å². The van der Waals surface area contributed by atoms with E-state index in [0.29, 0.717) is 0 Å². The molecule has 1 aromatic rings. The fourth-order valence-electron chi connectivity index (χ4n) is 0.848. The van der Waals surface area contributed by atoms with Gasteiger partial charge < -0.3 is 4.74 Å². The Hall–Kier alpha value is -1.59. The van der Waals surface area contributed by atoms with E-state index in [-0.39, 0.29) is 23.7 Å². The van der Waals surface area contributed by atoms with Crippen molar-refractivity contribution in [3.05, 3.63) is 11.8 Å². The third-order valence-electron chi connectivity index (χ3n) is 1.57. The van der Waals surface area contributed by atoms with Gasteiger partial charge in [0.2, 0.25) is 10.0 Å². The van der Waals surface area contributed by atoms with Crippen LogP contribution in [0.1, 0.15) is 5.56 Å². The topological polar surface area (TPSA) is 108 Å². The number of ether oxygens (including phenoxy) is 1. The highest BCUT2D eigenvalue weighted by Gasteiger charge is 2.13. The van der Waals surface area contributed by atoms with Gasteiger partial charge in [-0.1, -0.05) is 0 Å². The standard InChI is InChI=1S/C7H10N4O3S/c1-14-2-3-15(12,13)11-7-6(4-8)5-9-10-7/h5H,2-3H2,1H3,(H2,9,10,11). The maximum atomic E-state index is 11.4. The molecule has 82 valence electrons. The first-order valence-corrected chi connectivity index (χ1v) is 5.67. The lowest BCUT2D eigenvalue weighted by Crippen LogP contribution is -2.20. The molecule has 1 heterocycles. The van der Waals surface area contributed by atoms with Gasteiger partial charge in [-0.05, 0) is 0 Å². The highest BCUT2D eigenvalue weighted by atomic mass is 32.2. The summed E-state index contributed by atoms with van der Waals surface area (Å²) < 4.78 is 29.6. The molecule has 0 aliphatic heterocycles. The van der Waals surface area contributed by atoms with Gasteiger partial charge in [0, 0.05) is 7.11 Å². The molecule has 0 atom stereocenters. The zero-order valence-electron chi connectivity index (χ0n) is 8.02. The van der Waals surface area contributed by atoms with Crippen LogP contribution in [0.5, 0.6) is 0 Å². The summed E-state index contributed by atoms with van der Waals surface area (Å²) in [6.07, 6.45) is 1.24. The van der Waals surface area contributed by atoms with Crippen molar-refractivity contribution in [3.8, 4) is 6.07 Å². The van der Waals surface area contributed by atoms with Crippen LogP contribution in [0.4, 0.5) is 5.82 Å². The minimum absolute atomic E-state index is 0.0774. The number of aromatic nitrogens is 2. The molecular weight excluding hydrogens is 220 g/mol. The van der Waals surface area contributed by atoms with E-state index in [9.17, 15) is 8.42 Å². The Kier molecular flexibility index (Phi) is 3.65. The van der Waals surface area contributed by atoms with Crippen molar-refractivity contribution in [2.24, 2.45) is 0 Å². The van der Waals surface area contributed by atoms with Crippen molar-refractivity contribution in [2.75, 3.05) is 24.2 Å². The molecule has 8 heteroatoms. The van der Waals surface area contributed by atoms with Gasteiger partial charge in [0.15, 0.2) is 5.82 Å². The summed E-state index contributed by atoms with van der Waals surface area (Å²) in [6.45, 7) is 0.0886. The molecule has 0 fully saturated rings. The minimum Gasteiger partial charge on any atom is -0.384 e. The second-order valence-electron chi connectivity index (χ2n) is 2.68. The average molecular weight is 230 g/mol. The number of anilines is 1. The van der Waals surface area contributed by atoms with Crippen molar-refractivity contribution in [1.82, 2.24) is 10.2 Å². The van der Waals surface area contributed by atoms with Crippen LogP contribution >= 0.6 is 0 Å². The van der Waals surface area contributed by atoms with E-state index in [1.807, 2.05) is 0 Å². The van der Waals surface area contributed by atoms with Crippen LogP contribution in [-0.2, 0) is 14.8 Å². The first-order valence-electron chi connectivity index (χ1n) is 4.02. The molecule has 15 heavy (non-hydrogen) atoms. The number of sulfonamides is 1. The lowest BCUT2D eigenvalue weighted by atomic mass is 10.4. The first-order chi connectivity index (χ1) is 7.09. The van der Waals surface area contributed by atoms with Gasteiger partial charge in [-0.2, -0.15) is 10.4 Å². The van der Waals surface area contributed by atoms with E-state index in [0.717, 1.165) is 0 Å². The Bertz CT molecular complexity index is 459. The van der Waals surface area contributed by atoms with E-state index in [4.69, 9.17) is 5.26 Å². The Morgan fingerprint density at radius 1 is 1.73 bits per heavy atom. The molecule has 1 rings (SSSR count). The van der Waals surface area contributed by atoms with Crippen molar-refractivity contribution in [2.45, 2.75) is 0 Å². The summed E-state index contributed by atoms with van der Waals surface area (Å²) in [5.74, 6) is -0.0958. The second-order valence-corrected chi connectivity index (χ2v) is 4.53. The van der Waals surface area contributed by atoms with E-state index in [1.54, 1.807) is 6.07 Å². The van der Waals surface area contributed by atoms with E-state index in [1.165, 1.54) is 13.3 Å². The molecule has 0 saturated heterocycles. The zero-order valence-corrected chi connectivity index (χ0v) is 8.84. The van der Waals surface area contributed by atoms with E-state index < -0.39 is 10.0 Å². The number of nitrogens with zero attached hydrogens (tertiary/aromatic N) is 2. The van der Waals surface area contributed by atoms with Gasteiger partial charge in [0.1, 0.15) is 11.6 Å². The fourth-order valence-corrected chi connectivity index (χ4v) is 1.80. The Morgan fingerprint density at radius 2 is 2.47 bits per heavy atom. The minimum atomic E-state index is -3.50. The lowest BCUT2D eigenvalue weighted by molar-refractivity contribution is 0.217. The van der Waals surface area contributed by atoms with Gasteiger partial charge in [-0.25, -0.2) is 8.42 Å². The number of nitrogens with one attached hydrogen (secondary N) is 2. The molecule has 0 aliphatic carbocycles. The molecule has 0 aromatic carbocycles. The van der Waals surface area contributed by atoms with Crippen molar-refractivity contribution in [3.63, 3.8) is 0 Å². The predicted molar refractivity (Wildman–Crippen MR) is 52.6 cm³/mol. The molecule has 2 N–H and O–H groups in total. The highest BCUT2D eigenvalue weighted by molar-refractivity contribution is 7.92. The number of rotatable bonds is 5. The van der Waals surface area contributed by atoms with Crippen LogP contribution in [0.15, 0.2) is 6.20 Å². The molecular formula is C7H10N4O3S. The third kappa shape index (κ3) is 3.23. The summed E-state index contributed by atoms with van der Waals surface area (Å²) in [5.41, 5.74) is 0.149. The van der Waals surface area contributed by atoms with Crippen LogP contribution in [0.3, 0.4) is 0 Å². The summed E-state index contributed by atoms with van der Waals surface area (Å²) in [4.78, 5) is 0. The third-order valence-corrected chi connectivity index (χ3v) is 2.79. The van der Waals surface area contributed by atoms with Gasteiger partial charge in [0.05, 0.1) is 18.6 Å². The molecule has 0 unspecified atom stereocenters. The Morgan fingerprint density at radius 3 is 3.07 bits per heavy atom. The summed E-state index contributed by atoms with van der Waals surface area (Å²) in [6, 6.07) is 1.80. The first kappa shape index (κ1) is 11.5. The lowest BCUT2D eigenvalue weighted by Gasteiger charge is -2.04. The quantitative estimate of drug-likeness (QED) is 0.720. The fraction of sp³-hybridized carbons (Fsp3) is 0.429. The van der Waals surface area contributed by atoms with Gasteiger partial charge in [0.25, 0.3) is 0 Å². The van der Waals surface area contributed by atoms with E-state index >= 15 is 0 Å². The SMILES string of the molecule is COCCS(=O)(=O)Nc1[nH]ncc1C#N. The summed E-state index contributed by atoms with van der Waals surface area (Å²) in [5, 5.41) is 14.5. The monoisotopic (exact) mass is 230 g/mol. The molecule has 0 aliphatic rings. The number of hydrogen-bond donors (Lipinski definition) is 2. The molecule has 0 spiro atoms. The van der Waals surface area contributed by atoms with Crippen molar-refractivity contribution >= 4 is 15.8 Å². The summed E-state index contributed by atoms with van der Waals surface area (Å²) in [7, 11) is -2.09. The van der Waals surface area contributed by atoms with Crippen LogP contribution in [0.2, 0.25) is 0 Å². The normalized spacial score (nSPS) is 10.9. The highest BCUT2D eigenvalue weighted by Crippen LogP contribution is 2.10. The Balaban J connectivity index is 2.74. The smallest absolute Gasteiger partial charge is 0.236 e. The maximum Gasteiger partial charge on any atom is 0.236 e. The van der Waals surface area contributed by atoms with Crippen molar-refractivity contribution < 1.29 is 13.2 Å². The molecule has 7 nitrogen and oxygen atoms in total.